The Morgan fingerprint density at radius 2 is 2.00 bits per heavy atom. The Morgan fingerprint density at radius 3 is 2.50 bits per heavy atom. The lowest BCUT2D eigenvalue weighted by molar-refractivity contribution is -0.388. The third kappa shape index (κ3) is 3.04. The topological polar surface area (TPSA) is 111 Å². The van der Waals surface area contributed by atoms with Crippen molar-refractivity contribution in [1.29, 1.82) is 0 Å². The fourth-order valence-electron chi connectivity index (χ4n) is 2.26. The number of halogens is 3. The molecule has 1 atom stereocenters. The summed E-state index contributed by atoms with van der Waals surface area (Å²) in [5.74, 6) is -1.12. The lowest BCUT2D eigenvalue weighted by Crippen LogP contribution is -2.45. The third-order valence-electron chi connectivity index (χ3n) is 3.53. The first-order valence-corrected chi connectivity index (χ1v) is 6.74. The van der Waals surface area contributed by atoms with Crippen molar-refractivity contribution in [2.24, 2.45) is 14.1 Å². The number of imidazole rings is 2. The van der Waals surface area contributed by atoms with Gasteiger partial charge in [0.05, 0.1) is 0 Å². The third-order valence-corrected chi connectivity index (χ3v) is 3.53. The van der Waals surface area contributed by atoms with Crippen LogP contribution in [0.2, 0.25) is 0 Å². The van der Waals surface area contributed by atoms with Crippen molar-refractivity contribution in [2.75, 3.05) is 11.9 Å². The molecule has 0 unspecified atom stereocenters. The number of aryl methyl sites for hydroxylation is 2. The summed E-state index contributed by atoms with van der Waals surface area (Å²) in [6.45, 7) is -0.386. The fourth-order valence-corrected chi connectivity index (χ4v) is 2.26. The number of nitro groups is 1. The highest BCUT2D eigenvalue weighted by molar-refractivity contribution is 5.51. The molecule has 0 saturated heterocycles. The molecule has 0 aliphatic carbocycles. The van der Waals surface area contributed by atoms with Gasteiger partial charge in [-0.3, -0.25) is 4.57 Å². The average molecular weight is 348 g/mol. The summed E-state index contributed by atoms with van der Waals surface area (Å²) in [5, 5.41) is 23.5. The fraction of sp³-hybridized carbons (Fsp3) is 0.500. The Bertz CT molecular complexity index is 741. The van der Waals surface area contributed by atoms with E-state index in [1.165, 1.54) is 24.9 Å². The van der Waals surface area contributed by atoms with Gasteiger partial charge in [-0.25, -0.2) is 4.98 Å². The minimum absolute atomic E-state index is 0.0515. The van der Waals surface area contributed by atoms with Gasteiger partial charge in [0.1, 0.15) is 5.82 Å². The Balaban J connectivity index is 2.21. The molecule has 0 aromatic carbocycles. The van der Waals surface area contributed by atoms with E-state index >= 15 is 0 Å². The number of aromatic nitrogens is 4. The van der Waals surface area contributed by atoms with E-state index in [1.54, 1.807) is 0 Å². The smallest absolute Gasteiger partial charge is 0.374 e. The summed E-state index contributed by atoms with van der Waals surface area (Å²) in [6, 6.07) is 0. The number of hydrogen-bond acceptors (Lipinski definition) is 6. The predicted octanol–water partition coefficient (Wildman–Crippen LogP) is 1.31. The number of hydrogen-bond donors (Lipinski definition) is 2. The lowest BCUT2D eigenvalue weighted by atomic mass is 9.97. The van der Waals surface area contributed by atoms with Crippen LogP contribution < -0.4 is 5.32 Å². The van der Waals surface area contributed by atoms with Gasteiger partial charge in [-0.05, 0) is 9.91 Å². The Morgan fingerprint density at radius 1 is 1.33 bits per heavy atom. The molecule has 132 valence electrons. The van der Waals surface area contributed by atoms with Crippen molar-refractivity contribution in [3.8, 4) is 0 Å². The Hall–Kier alpha value is -2.63. The summed E-state index contributed by atoms with van der Waals surface area (Å²) in [5.41, 5.74) is -3.19. The van der Waals surface area contributed by atoms with E-state index in [-0.39, 0.29) is 12.4 Å². The highest BCUT2D eigenvalue weighted by atomic mass is 19.4. The number of rotatable bonds is 6. The molecule has 0 saturated carbocycles. The van der Waals surface area contributed by atoms with Gasteiger partial charge in [0, 0.05) is 39.5 Å². The highest BCUT2D eigenvalue weighted by Gasteiger charge is 2.57. The van der Waals surface area contributed by atoms with E-state index in [1.807, 2.05) is 0 Å². The Labute approximate surface area is 133 Å². The van der Waals surface area contributed by atoms with Gasteiger partial charge < -0.3 is 25.1 Å². The van der Waals surface area contributed by atoms with Crippen molar-refractivity contribution in [3.63, 3.8) is 0 Å². The molecule has 0 fully saturated rings. The lowest BCUT2D eigenvalue weighted by Gasteiger charge is -2.30. The molecule has 0 aliphatic heterocycles. The van der Waals surface area contributed by atoms with Crippen LogP contribution in [0.5, 0.6) is 0 Å². The predicted molar refractivity (Wildman–Crippen MR) is 76.1 cm³/mol. The van der Waals surface area contributed by atoms with Crippen LogP contribution in [0.1, 0.15) is 12.2 Å². The van der Waals surface area contributed by atoms with Crippen LogP contribution in [-0.4, -0.2) is 41.9 Å². The van der Waals surface area contributed by atoms with E-state index in [0.29, 0.717) is 0 Å². The summed E-state index contributed by atoms with van der Waals surface area (Å²) >= 11 is 0. The van der Waals surface area contributed by atoms with Crippen LogP contribution in [0.4, 0.5) is 24.8 Å². The number of alkyl halides is 3. The largest absolute Gasteiger partial charge is 0.424 e. The minimum atomic E-state index is -4.97. The van der Waals surface area contributed by atoms with Crippen molar-refractivity contribution >= 4 is 11.6 Å². The zero-order valence-corrected chi connectivity index (χ0v) is 12.8. The molecule has 2 N–H and O–H groups in total. The summed E-state index contributed by atoms with van der Waals surface area (Å²) < 4.78 is 42.4. The maximum absolute atomic E-state index is 13.3. The van der Waals surface area contributed by atoms with E-state index in [0.717, 1.165) is 17.1 Å². The van der Waals surface area contributed by atoms with E-state index in [9.17, 15) is 28.4 Å². The number of nitrogens with zero attached hydrogens (tertiary/aromatic N) is 5. The Kier molecular flexibility index (Phi) is 4.51. The molecule has 2 aromatic heterocycles. The monoisotopic (exact) mass is 348 g/mol. The van der Waals surface area contributed by atoms with E-state index in [4.69, 9.17) is 0 Å². The molecule has 2 rings (SSSR count). The molecule has 24 heavy (non-hydrogen) atoms. The quantitative estimate of drug-likeness (QED) is 0.601. The van der Waals surface area contributed by atoms with Gasteiger partial charge in [-0.15, -0.1) is 0 Å². The molecule has 0 amide bonds. The van der Waals surface area contributed by atoms with Crippen molar-refractivity contribution in [1.82, 2.24) is 19.1 Å². The van der Waals surface area contributed by atoms with E-state index in [2.05, 4.69) is 15.3 Å². The standard InChI is InChI=1S/C12H15F3N6O3/c1-19-6-5-17-10(19)11(22,12(13,14)15)3-4-16-8-9(21(23)24)18-7-20(8)2/h5-7,16,22H,3-4H2,1-2H3/t11-/m1/s1. The van der Waals surface area contributed by atoms with Crippen LogP contribution in [-0.2, 0) is 19.7 Å². The maximum Gasteiger partial charge on any atom is 0.424 e. The molecule has 0 radical (unpaired) electrons. The summed E-state index contributed by atoms with van der Waals surface area (Å²) in [4.78, 5) is 17.2. The maximum atomic E-state index is 13.3. The van der Waals surface area contributed by atoms with Crippen molar-refractivity contribution < 1.29 is 23.2 Å². The zero-order valence-electron chi connectivity index (χ0n) is 12.8. The first kappa shape index (κ1) is 17.7. The van der Waals surface area contributed by atoms with Gasteiger partial charge in [0.2, 0.25) is 17.7 Å². The average Bonchev–Trinajstić information content (AvgIpc) is 3.04. The normalized spacial score (nSPS) is 14.4. The second kappa shape index (κ2) is 6.11. The molecular weight excluding hydrogens is 333 g/mol. The van der Waals surface area contributed by atoms with Gasteiger partial charge >= 0.3 is 12.0 Å². The molecule has 0 spiro atoms. The first-order chi connectivity index (χ1) is 11.1. The van der Waals surface area contributed by atoms with Gasteiger partial charge in [-0.2, -0.15) is 13.2 Å². The molecule has 0 bridgehead atoms. The second-order valence-electron chi connectivity index (χ2n) is 5.18. The number of nitrogens with one attached hydrogen (secondary N) is 1. The highest BCUT2D eigenvalue weighted by Crippen LogP contribution is 2.40. The SMILES string of the molecule is Cn1ccnc1[C@](O)(CCNc1c([N+](=O)[O-])ncn1C)C(F)(F)F. The van der Waals surface area contributed by atoms with Crippen molar-refractivity contribution in [2.45, 2.75) is 18.2 Å². The molecule has 9 nitrogen and oxygen atoms in total. The summed E-state index contributed by atoms with van der Waals surface area (Å²) in [6.07, 6.45) is -2.16. The second-order valence-corrected chi connectivity index (χ2v) is 5.18. The summed E-state index contributed by atoms with van der Waals surface area (Å²) in [7, 11) is 2.79. The van der Waals surface area contributed by atoms with Crippen LogP contribution in [0.25, 0.3) is 0 Å². The number of anilines is 1. The van der Waals surface area contributed by atoms with E-state index < -0.39 is 34.8 Å². The van der Waals surface area contributed by atoms with Crippen molar-refractivity contribution in [3.05, 3.63) is 34.7 Å². The minimum Gasteiger partial charge on any atom is -0.374 e. The van der Waals surface area contributed by atoms with Crippen LogP contribution in [0.15, 0.2) is 18.7 Å². The van der Waals surface area contributed by atoms with Gasteiger partial charge in [0.25, 0.3) is 0 Å². The van der Waals surface area contributed by atoms with Crippen LogP contribution in [0, 0.1) is 10.1 Å². The van der Waals surface area contributed by atoms with Gasteiger partial charge in [-0.1, -0.05) is 0 Å². The first-order valence-electron chi connectivity index (χ1n) is 6.74. The number of aliphatic hydroxyl groups is 1. The van der Waals surface area contributed by atoms with Gasteiger partial charge in [0.15, 0.2) is 0 Å². The van der Waals surface area contributed by atoms with Crippen LogP contribution in [0.3, 0.4) is 0 Å². The molecular formula is C12H15F3N6O3. The van der Waals surface area contributed by atoms with Crippen LogP contribution >= 0.6 is 0 Å². The zero-order chi connectivity index (χ0) is 18.1. The molecule has 2 heterocycles. The molecule has 12 heteroatoms. The molecule has 0 aliphatic rings. The molecule has 2 aromatic rings.